The predicted octanol–water partition coefficient (Wildman–Crippen LogP) is 10.4. The van der Waals surface area contributed by atoms with Crippen molar-refractivity contribution in [2.24, 2.45) is 0 Å². The molecule has 6 rings (SSSR count). The van der Waals surface area contributed by atoms with E-state index in [2.05, 4.69) is 97.0 Å². The lowest BCUT2D eigenvalue weighted by atomic mass is 9.81. The number of hydrogen-bond donors (Lipinski definition) is 4. The number of fused-ring (bicyclic) bond motifs is 9. The summed E-state index contributed by atoms with van der Waals surface area (Å²) in [6, 6.07) is 16.9. The number of benzene rings is 4. The van der Waals surface area contributed by atoms with Crippen molar-refractivity contribution >= 4 is 0 Å². The maximum atomic E-state index is 12.0. The minimum Gasteiger partial charge on any atom is -0.507 e. The van der Waals surface area contributed by atoms with Crippen molar-refractivity contribution in [3.63, 3.8) is 0 Å². The van der Waals surface area contributed by atoms with Crippen LogP contribution < -0.4 is 0 Å². The molecule has 1 atom stereocenters. The van der Waals surface area contributed by atoms with Crippen molar-refractivity contribution in [1.29, 1.82) is 0 Å². The van der Waals surface area contributed by atoms with Gasteiger partial charge in [0, 0.05) is 25.7 Å². The molecule has 48 heavy (non-hydrogen) atoms. The highest BCUT2D eigenvalue weighted by molar-refractivity contribution is 5.59. The van der Waals surface area contributed by atoms with Crippen molar-refractivity contribution in [2.45, 2.75) is 129 Å². The van der Waals surface area contributed by atoms with Gasteiger partial charge in [0.05, 0.1) is 0 Å². The minimum atomic E-state index is -0.162. The Bertz CT molecular complexity index is 1730. The first-order valence-corrected chi connectivity index (χ1v) is 18.0. The number of aromatic hydroxyl groups is 4. The van der Waals surface area contributed by atoms with Gasteiger partial charge in [-0.25, -0.2) is 0 Å². The van der Waals surface area contributed by atoms with Crippen LogP contribution in [0.25, 0.3) is 0 Å². The molecule has 4 aromatic rings. The van der Waals surface area contributed by atoms with Gasteiger partial charge >= 0.3 is 0 Å². The van der Waals surface area contributed by atoms with Gasteiger partial charge in [-0.05, 0) is 96.4 Å². The summed E-state index contributed by atoms with van der Waals surface area (Å²) in [4.78, 5) is 0. The fraction of sp³-hybridized carbons (Fsp3) is 0.455. The van der Waals surface area contributed by atoms with Gasteiger partial charge in [0.1, 0.15) is 23.0 Å². The van der Waals surface area contributed by atoms with Crippen LogP contribution in [0, 0.1) is 0 Å². The molecule has 0 fully saturated rings. The summed E-state index contributed by atoms with van der Waals surface area (Å²) in [6.45, 7) is 15.3. The third-order valence-corrected chi connectivity index (χ3v) is 10.8. The molecular formula is C44H54O4. The van der Waals surface area contributed by atoms with Crippen LogP contribution in [0.5, 0.6) is 23.0 Å². The van der Waals surface area contributed by atoms with E-state index in [0.29, 0.717) is 25.7 Å². The molecule has 0 aromatic heterocycles. The van der Waals surface area contributed by atoms with Gasteiger partial charge in [-0.3, -0.25) is 0 Å². The van der Waals surface area contributed by atoms with Crippen LogP contribution in [0.4, 0.5) is 0 Å². The normalized spacial score (nSPS) is 15.9. The predicted molar refractivity (Wildman–Crippen MR) is 196 cm³/mol. The Labute approximate surface area is 287 Å². The molecule has 4 N–H and O–H groups in total. The molecule has 4 nitrogen and oxygen atoms in total. The summed E-state index contributed by atoms with van der Waals surface area (Å²) in [7, 11) is 0. The van der Waals surface area contributed by atoms with E-state index in [0.717, 1.165) is 80.5 Å². The van der Waals surface area contributed by atoms with E-state index >= 15 is 0 Å². The van der Waals surface area contributed by atoms with Gasteiger partial charge in [0.25, 0.3) is 0 Å². The minimum absolute atomic E-state index is 0.162. The second-order valence-corrected chi connectivity index (χ2v) is 16.7. The van der Waals surface area contributed by atoms with Gasteiger partial charge < -0.3 is 20.4 Å². The molecule has 0 saturated carbocycles. The van der Waals surface area contributed by atoms with Crippen LogP contribution >= 0.6 is 0 Å². The quantitative estimate of drug-likeness (QED) is 0.143. The van der Waals surface area contributed by atoms with E-state index in [9.17, 15) is 20.4 Å². The summed E-state index contributed by atoms with van der Waals surface area (Å²) in [6.07, 6.45) is 8.05. The third-order valence-electron chi connectivity index (χ3n) is 10.8. The highest BCUT2D eigenvalue weighted by Gasteiger charge is 2.27. The summed E-state index contributed by atoms with van der Waals surface area (Å²) in [5, 5.41) is 47.6. The molecule has 4 aromatic carbocycles. The van der Waals surface area contributed by atoms with Crippen LogP contribution in [0.15, 0.2) is 48.5 Å². The molecule has 10 bridgehead atoms. The summed E-state index contributed by atoms with van der Waals surface area (Å²) < 4.78 is 0. The number of phenols is 4. The second kappa shape index (κ2) is 12.8. The smallest absolute Gasteiger partial charge is 0.122 e. The average molecular weight is 647 g/mol. The Kier molecular flexibility index (Phi) is 9.08. The SMILES string of the molecule is CCCCCCC1Cc2cc3c(O)c(c2)Cc2cc(C(C)(C)C)cc(c2O)Cc2cc1cc(c2O)Cc1cc(C(C)(C)C)cc(c1O)C3. The standard InChI is InChI=1S/C44H54O4/c1-8-9-10-11-12-27-13-26-14-29-18-33-22-37(43(2,3)4)24-35(41(33)47)20-31-16-28(27)17-32(40(31)46)21-36-25-38(44(5,6)7)23-34(42(36)48)19-30(15-26)39(29)45/h14-17,22-25,27,45-48H,8-13,18-21H2,1-7H3. The fourth-order valence-corrected chi connectivity index (χ4v) is 7.75. The van der Waals surface area contributed by atoms with Gasteiger partial charge in [-0.2, -0.15) is 0 Å². The van der Waals surface area contributed by atoms with Crippen molar-refractivity contribution in [2.75, 3.05) is 0 Å². The van der Waals surface area contributed by atoms with Crippen molar-refractivity contribution < 1.29 is 20.4 Å². The zero-order valence-electron chi connectivity index (χ0n) is 30.1. The Morgan fingerprint density at radius 2 is 0.854 bits per heavy atom. The summed E-state index contributed by atoms with van der Waals surface area (Å²) in [5.74, 6) is 1.13. The molecular weight excluding hydrogens is 592 g/mol. The molecule has 4 heteroatoms. The first kappa shape index (κ1) is 34.0. The average Bonchev–Trinajstić information content (AvgIpc) is 3.00. The Morgan fingerprint density at radius 3 is 1.21 bits per heavy atom. The molecule has 0 heterocycles. The van der Waals surface area contributed by atoms with E-state index in [1.807, 2.05) is 0 Å². The molecule has 2 aliphatic carbocycles. The second-order valence-electron chi connectivity index (χ2n) is 16.7. The van der Waals surface area contributed by atoms with E-state index in [4.69, 9.17) is 0 Å². The lowest BCUT2D eigenvalue weighted by Crippen LogP contribution is -2.13. The van der Waals surface area contributed by atoms with Crippen molar-refractivity contribution in [3.8, 4) is 23.0 Å². The third kappa shape index (κ3) is 6.81. The molecule has 0 saturated heterocycles. The summed E-state index contributed by atoms with van der Waals surface area (Å²) >= 11 is 0. The van der Waals surface area contributed by atoms with Crippen LogP contribution in [0.2, 0.25) is 0 Å². The van der Waals surface area contributed by atoms with E-state index in [-0.39, 0.29) is 39.7 Å². The molecule has 0 aliphatic heterocycles. The van der Waals surface area contributed by atoms with Crippen LogP contribution in [0.3, 0.4) is 0 Å². The summed E-state index contributed by atoms with van der Waals surface area (Å²) in [5.41, 5.74) is 10.5. The highest BCUT2D eigenvalue weighted by Crippen LogP contribution is 2.43. The first-order chi connectivity index (χ1) is 22.6. The Hall–Kier alpha value is -3.92. The van der Waals surface area contributed by atoms with Crippen LogP contribution in [-0.4, -0.2) is 20.4 Å². The zero-order chi connectivity index (χ0) is 34.5. The molecule has 2 aliphatic rings. The molecule has 1 unspecified atom stereocenters. The van der Waals surface area contributed by atoms with Gasteiger partial charge in [0.2, 0.25) is 0 Å². The van der Waals surface area contributed by atoms with Gasteiger partial charge in [0.15, 0.2) is 0 Å². The van der Waals surface area contributed by atoms with Crippen LogP contribution in [-0.2, 0) is 42.9 Å². The van der Waals surface area contributed by atoms with Gasteiger partial charge in [-0.1, -0.05) is 123 Å². The molecule has 0 amide bonds. The maximum Gasteiger partial charge on any atom is 0.122 e. The Balaban J connectivity index is 1.69. The monoisotopic (exact) mass is 646 g/mol. The first-order valence-electron chi connectivity index (χ1n) is 18.0. The van der Waals surface area contributed by atoms with Gasteiger partial charge in [-0.15, -0.1) is 0 Å². The maximum absolute atomic E-state index is 12.0. The number of phenolic OH excluding ortho intramolecular Hbond substituents is 4. The van der Waals surface area contributed by atoms with Crippen molar-refractivity contribution in [3.05, 3.63) is 115 Å². The molecule has 0 radical (unpaired) electrons. The van der Waals surface area contributed by atoms with E-state index in [1.54, 1.807) is 0 Å². The Morgan fingerprint density at radius 1 is 0.500 bits per heavy atom. The molecule has 0 spiro atoms. The zero-order valence-corrected chi connectivity index (χ0v) is 30.1. The molecule has 254 valence electrons. The lowest BCUT2D eigenvalue weighted by molar-refractivity contribution is 0.449. The number of unbranched alkanes of at least 4 members (excludes halogenated alkanes) is 3. The largest absolute Gasteiger partial charge is 0.507 e. The van der Waals surface area contributed by atoms with Crippen molar-refractivity contribution in [1.82, 2.24) is 0 Å². The fourth-order valence-electron chi connectivity index (χ4n) is 7.75. The van der Waals surface area contributed by atoms with E-state index in [1.165, 1.54) is 24.8 Å². The number of hydrogen-bond acceptors (Lipinski definition) is 4. The highest BCUT2D eigenvalue weighted by atomic mass is 16.3. The van der Waals surface area contributed by atoms with Crippen LogP contribution in [0.1, 0.15) is 153 Å². The van der Waals surface area contributed by atoms with E-state index < -0.39 is 0 Å². The lowest BCUT2D eigenvalue weighted by Gasteiger charge is -2.24. The topological polar surface area (TPSA) is 80.9 Å². The number of rotatable bonds is 5.